The number of halogens is 1. The Bertz CT molecular complexity index is 699. The van der Waals surface area contributed by atoms with Crippen LogP contribution >= 0.6 is 0 Å². The molecule has 0 N–H and O–H groups in total. The zero-order chi connectivity index (χ0) is 16.8. The molecule has 0 radical (unpaired) electrons. The summed E-state index contributed by atoms with van der Waals surface area (Å²) in [5.74, 6) is -1.01. The topological polar surface area (TPSA) is 63.9 Å². The molecule has 0 atom stereocenters. The Kier molecular flexibility index (Phi) is 5.67. The van der Waals surface area contributed by atoms with Gasteiger partial charge in [-0.1, -0.05) is 6.92 Å². The molecular formula is C16H20FN3O3. The monoisotopic (exact) mass is 321 g/mol. The maximum Gasteiger partial charge on any atom is 0.307 e. The Hall–Kier alpha value is -2.44. The van der Waals surface area contributed by atoms with E-state index in [1.54, 1.807) is 11.8 Å². The van der Waals surface area contributed by atoms with Crippen LogP contribution in [-0.2, 0) is 9.53 Å². The summed E-state index contributed by atoms with van der Waals surface area (Å²) in [6, 6.07) is 2.80. The zero-order valence-corrected chi connectivity index (χ0v) is 13.3. The van der Waals surface area contributed by atoms with Gasteiger partial charge in [-0.3, -0.25) is 9.59 Å². The van der Waals surface area contributed by atoms with Crippen molar-refractivity contribution in [2.45, 2.75) is 26.7 Å². The summed E-state index contributed by atoms with van der Waals surface area (Å²) < 4.78 is 19.6. The van der Waals surface area contributed by atoms with Crippen LogP contribution in [0.4, 0.5) is 4.39 Å². The smallest absolute Gasteiger partial charge is 0.307 e. The van der Waals surface area contributed by atoms with E-state index < -0.39 is 5.82 Å². The van der Waals surface area contributed by atoms with Crippen LogP contribution < -0.4 is 0 Å². The predicted octanol–water partition coefficient (Wildman–Crippen LogP) is 2.28. The number of rotatable bonds is 7. The standard InChI is InChI=1S/C16H20FN3O3/c1-3-8-19(9-7-15(21)23-4-2)16(22)13-11-20-10-12(17)5-6-14(20)18-13/h5-6,10-11H,3-4,7-9H2,1-2H3. The molecule has 0 unspecified atom stereocenters. The van der Waals surface area contributed by atoms with Crippen molar-refractivity contribution in [3.8, 4) is 0 Å². The first-order valence-corrected chi connectivity index (χ1v) is 7.64. The minimum Gasteiger partial charge on any atom is -0.466 e. The number of carbonyl (C=O) groups is 2. The van der Waals surface area contributed by atoms with Gasteiger partial charge in [0.1, 0.15) is 17.2 Å². The molecule has 0 saturated carbocycles. The number of fused-ring (bicyclic) bond motifs is 1. The van der Waals surface area contributed by atoms with E-state index in [0.29, 0.717) is 18.8 Å². The first-order valence-electron chi connectivity index (χ1n) is 7.64. The highest BCUT2D eigenvalue weighted by molar-refractivity contribution is 5.93. The van der Waals surface area contributed by atoms with E-state index in [-0.39, 0.29) is 30.5 Å². The van der Waals surface area contributed by atoms with E-state index >= 15 is 0 Å². The van der Waals surface area contributed by atoms with E-state index in [9.17, 15) is 14.0 Å². The number of pyridine rings is 1. The van der Waals surface area contributed by atoms with Crippen molar-refractivity contribution in [3.05, 3.63) is 36.0 Å². The van der Waals surface area contributed by atoms with Crippen LogP contribution in [-0.4, -0.2) is 45.9 Å². The summed E-state index contributed by atoms with van der Waals surface area (Å²) in [7, 11) is 0. The fraction of sp³-hybridized carbons (Fsp3) is 0.438. The fourth-order valence-corrected chi connectivity index (χ4v) is 2.27. The molecule has 0 saturated heterocycles. The van der Waals surface area contributed by atoms with Crippen LogP contribution in [0.1, 0.15) is 37.2 Å². The molecule has 2 aromatic heterocycles. The highest BCUT2D eigenvalue weighted by Crippen LogP contribution is 2.10. The van der Waals surface area contributed by atoms with Crippen molar-refractivity contribution < 1.29 is 18.7 Å². The van der Waals surface area contributed by atoms with Crippen molar-refractivity contribution >= 4 is 17.5 Å². The number of amides is 1. The summed E-state index contributed by atoms with van der Waals surface area (Å²) >= 11 is 0. The molecule has 0 aliphatic heterocycles. The molecule has 23 heavy (non-hydrogen) atoms. The molecular weight excluding hydrogens is 301 g/mol. The number of hydrogen-bond acceptors (Lipinski definition) is 4. The Labute approximate surface area is 133 Å². The summed E-state index contributed by atoms with van der Waals surface area (Å²) in [6.07, 6.45) is 3.66. The highest BCUT2D eigenvalue weighted by atomic mass is 19.1. The van der Waals surface area contributed by atoms with Gasteiger partial charge in [-0.25, -0.2) is 9.37 Å². The van der Waals surface area contributed by atoms with Gasteiger partial charge in [0.15, 0.2) is 0 Å². The Balaban J connectivity index is 2.13. The molecule has 0 fully saturated rings. The van der Waals surface area contributed by atoms with Crippen molar-refractivity contribution in [1.82, 2.24) is 14.3 Å². The molecule has 0 aliphatic carbocycles. The molecule has 0 bridgehead atoms. The maximum absolute atomic E-state index is 13.2. The van der Waals surface area contributed by atoms with Crippen molar-refractivity contribution in [2.24, 2.45) is 0 Å². The van der Waals surface area contributed by atoms with E-state index in [1.165, 1.54) is 28.9 Å². The highest BCUT2D eigenvalue weighted by Gasteiger charge is 2.19. The third-order valence-electron chi connectivity index (χ3n) is 3.31. The minimum absolute atomic E-state index is 0.140. The lowest BCUT2D eigenvalue weighted by Gasteiger charge is -2.20. The molecule has 2 heterocycles. The number of esters is 1. The van der Waals surface area contributed by atoms with E-state index in [2.05, 4.69) is 4.98 Å². The molecule has 6 nitrogen and oxygen atoms in total. The van der Waals surface area contributed by atoms with Crippen LogP contribution in [0.25, 0.3) is 5.65 Å². The fourth-order valence-electron chi connectivity index (χ4n) is 2.27. The molecule has 0 spiro atoms. The third kappa shape index (κ3) is 4.28. The number of nitrogens with zero attached hydrogens (tertiary/aromatic N) is 3. The zero-order valence-electron chi connectivity index (χ0n) is 13.3. The van der Waals surface area contributed by atoms with Crippen LogP contribution in [0.2, 0.25) is 0 Å². The van der Waals surface area contributed by atoms with Gasteiger partial charge in [-0.05, 0) is 25.5 Å². The van der Waals surface area contributed by atoms with Gasteiger partial charge in [0, 0.05) is 25.5 Å². The average molecular weight is 321 g/mol. The number of ether oxygens (including phenoxy) is 1. The molecule has 124 valence electrons. The van der Waals surface area contributed by atoms with Crippen LogP contribution in [0.3, 0.4) is 0 Å². The first kappa shape index (κ1) is 16.9. The number of hydrogen-bond donors (Lipinski definition) is 0. The second-order valence-corrected chi connectivity index (χ2v) is 5.09. The largest absolute Gasteiger partial charge is 0.466 e. The second-order valence-electron chi connectivity index (χ2n) is 5.09. The molecule has 2 aromatic rings. The van der Waals surface area contributed by atoms with Gasteiger partial charge in [0.05, 0.1) is 13.0 Å². The molecule has 0 aliphatic rings. The van der Waals surface area contributed by atoms with Gasteiger partial charge >= 0.3 is 5.97 Å². The molecule has 7 heteroatoms. The van der Waals surface area contributed by atoms with E-state index in [0.717, 1.165) is 6.42 Å². The number of carbonyl (C=O) groups excluding carboxylic acids is 2. The lowest BCUT2D eigenvalue weighted by molar-refractivity contribution is -0.143. The summed E-state index contributed by atoms with van der Waals surface area (Å²) in [5.41, 5.74) is 0.726. The van der Waals surface area contributed by atoms with Crippen LogP contribution in [0.15, 0.2) is 24.5 Å². The van der Waals surface area contributed by atoms with Crippen molar-refractivity contribution in [3.63, 3.8) is 0 Å². The lowest BCUT2D eigenvalue weighted by Crippen LogP contribution is -2.34. The van der Waals surface area contributed by atoms with E-state index in [4.69, 9.17) is 4.74 Å². The van der Waals surface area contributed by atoms with Gasteiger partial charge in [0.25, 0.3) is 5.91 Å². The molecule has 0 aromatic carbocycles. The second kappa shape index (κ2) is 7.71. The lowest BCUT2D eigenvalue weighted by atomic mass is 10.3. The minimum atomic E-state index is -0.401. The number of imidazole rings is 1. The predicted molar refractivity (Wildman–Crippen MR) is 82.6 cm³/mol. The van der Waals surface area contributed by atoms with Gasteiger partial charge < -0.3 is 14.0 Å². The average Bonchev–Trinajstić information content (AvgIpc) is 2.94. The Morgan fingerprint density at radius 1 is 1.26 bits per heavy atom. The maximum atomic E-state index is 13.2. The quantitative estimate of drug-likeness (QED) is 0.734. The Morgan fingerprint density at radius 2 is 2.04 bits per heavy atom. The van der Waals surface area contributed by atoms with Crippen LogP contribution in [0, 0.1) is 5.82 Å². The Morgan fingerprint density at radius 3 is 2.74 bits per heavy atom. The van der Waals surface area contributed by atoms with E-state index in [1.807, 2.05) is 6.92 Å². The summed E-state index contributed by atoms with van der Waals surface area (Å²) in [4.78, 5) is 29.8. The summed E-state index contributed by atoms with van der Waals surface area (Å²) in [6.45, 7) is 4.79. The van der Waals surface area contributed by atoms with Crippen LogP contribution in [0.5, 0.6) is 0 Å². The SMILES string of the molecule is CCCN(CCC(=O)OCC)C(=O)c1cn2cc(F)ccc2n1. The molecule has 2 rings (SSSR count). The third-order valence-corrected chi connectivity index (χ3v) is 3.31. The van der Waals surface area contributed by atoms with Crippen molar-refractivity contribution in [1.29, 1.82) is 0 Å². The normalized spacial score (nSPS) is 10.7. The van der Waals surface area contributed by atoms with Gasteiger partial charge in [-0.2, -0.15) is 0 Å². The van der Waals surface area contributed by atoms with Crippen molar-refractivity contribution in [2.75, 3.05) is 19.7 Å². The molecule has 1 amide bonds. The van der Waals surface area contributed by atoms with Gasteiger partial charge in [0.2, 0.25) is 0 Å². The first-order chi connectivity index (χ1) is 11.0. The summed E-state index contributed by atoms with van der Waals surface area (Å²) in [5, 5.41) is 0. The van der Waals surface area contributed by atoms with Gasteiger partial charge in [-0.15, -0.1) is 0 Å². The number of aromatic nitrogens is 2.